The molecule has 0 aromatic carbocycles. The van der Waals surface area contributed by atoms with Crippen LogP contribution in [0, 0.1) is 0 Å². The maximum absolute atomic E-state index is 4.33. The highest BCUT2D eigenvalue weighted by Gasteiger charge is 2.08. The molecule has 0 spiro atoms. The van der Waals surface area contributed by atoms with Crippen molar-refractivity contribution >= 4 is 12.6 Å². The van der Waals surface area contributed by atoms with Crippen LogP contribution in [0.4, 0.5) is 0 Å². The topological polar surface area (TPSA) is 3.24 Å². The van der Waals surface area contributed by atoms with Crippen LogP contribution in [0.15, 0.2) is 22.8 Å². The SMILES string of the molecule is CCN(CC)C1=CC=C(S)CC1. The molecule has 1 rings (SSSR count). The van der Waals surface area contributed by atoms with Gasteiger partial charge in [0.1, 0.15) is 0 Å². The summed E-state index contributed by atoms with van der Waals surface area (Å²) in [7, 11) is 0. The van der Waals surface area contributed by atoms with E-state index in [1.54, 1.807) is 0 Å². The number of hydrogen-bond donors (Lipinski definition) is 1. The Balaban J connectivity index is 2.63. The molecular weight excluding hydrogens is 166 g/mol. The first kappa shape index (κ1) is 9.72. The third kappa shape index (κ3) is 2.31. The second-order valence-electron chi connectivity index (χ2n) is 2.99. The summed E-state index contributed by atoms with van der Waals surface area (Å²) in [5.74, 6) is 0. The molecule has 0 amide bonds. The molecule has 0 aromatic rings. The smallest absolute Gasteiger partial charge is 0.0146 e. The summed E-state index contributed by atoms with van der Waals surface area (Å²) in [5.41, 5.74) is 1.46. The van der Waals surface area contributed by atoms with E-state index >= 15 is 0 Å². The minimum atomic E-state index is 1.10. The minimum absolute atomic E-state index is 1.10. The molecule has 0 saturated carbocycles. The summed E-state index contributed by atoms with van der Waals surface area (Å²) in [6, 6.07) is 0. The monoisotopic (exact) mass is 183 g/mol. The van der Waals surface area contributed by atoms with Crippen molar-refractivity contribution in [1.82, 2.24) is 4.90 Å². The molecule has 1 aliphatic rings. The first-order chi connectivity index (χ1) is 5.77. The van der Waals surface area contributed by atoms with Crippen LogP contribution in [0.25, 0.3) is 0 Å². The van der Waals surface area contributed by atoms with Crippen molar-refractivity contribution in [3.8, 4) is 0 Å². The standard InChI is InChI=1S/C10H17NS/c1-3-11(4-2)9-5-7-10(12)8-6-9/h5,7,12H,3-4,6,8H2,1-2H3. The van der Waals surface area contributed by atoms with Gasteiger partial charge in [-0.3, -0.25) is 0 Å². The Kier molecular flexibility index (Phi) is 3.73. The fourth-order valence-corrected chi connectivity index (χ4v) is 1.69. The van der Waals surface area contributed by atoms with Crippen LogP contribution in [0.2, 0.25) is 0 Å². The molecule has 0 heterocycles. The van der Waals surface area contributed by atoms with Gasteiger partial charge in [-0.2, -0.15) is 0 Å². The highest BCUT2D eigenvalue weighted by Crippen LogP contribution is 2.22. The zero-order valence-electron chi connectivity index (χ0n) is 7.88. The van der Waals surface area contributed by atoms with Crippen molar-refractivity contribution in [2.45, 2.75) is 26.7 Å². The lowest BCUT2D eigenvalue weighted by Crippen LogP contribution is -2.22. The molecule has 0 saturated heterocycles. The molecule has 12 heavy (non-hydrogen) atoms. The molecule has 0 fully saturated rings. The predicted molar refractivity (Wildman–Crippen MR) is 57.3 cm³/mol. The zero-order valence-corrected chi connectivity index (χ0v) is 8.77. The lowest BCUT2D eigenvalue weighted by Gasteiger charge is -2.26. The van der Waals surface area contributed by atoms with Gasteiger partial charge in [0, 0.05) is 18.8 Å². The van der Waals surface area contributed by atoms with E-state index in [-0.39, 0.29) is 0 Å². The van der Waals surface area contributed by atoms with Crippen molar-refractivity contribution in [3.05, 3.63) is 22.8 Å². The summed E-state index contributed by atoms with van der Waals surface area (Å²) in [6.07, 6.45) is 6.56. The van der Waals surface area contributed by atoms with Gasteiger partial charge in [0.25, 0.3) is 0 Å². The number of thiol groups is 1. The third-order valence-electron chi connectivity index (χ3n) is 2.28. The third-order valence-corrected chi connectivity index (χ3v) is 2.65. The maximum atomic E-state index is 4.33. The summed E-state index contributed by atoms with van der Waals surface area (Å²) < 4.78 is 0. The Bertz CT molecular complexity index is 202. The molecule has 0 N–H and O–H groups in total. The quantitative estimate of drug-likeness (QED) is 0.658. The van der Waals surface area contributed by atoms with Crippen LogP contribution in [0.5, 0.6) is 0 Å². The molecule has 1 aliphatic carbocycles. The van der Waals surface area contributed by atoms with Gasteiger partial charge in [0.15, 0.2) is 0 Å². The van der Waals surface area contributed by atoms with Gasteiger partial charge in [-0.1, -0.05) is 6.08 Å². The zero-order chi connectivity index (χ0) is 8.97. The van der Waals surface area contributed by atoms with Gasteiger partial charge >= 0.3 is 0 Å². The molecule has 68 valence electrons. The van der Waals surface area contributed by atoms with Crippen molar-refractivity contribution in [1.29, 1.82) is 0 Å². The first-order valence-corrected chi connectivity index (χ1v) is 5.06. The van der Waals surface area contributed by atoms with E-state index in [4.69, 9.17) is 0 Å². The van der Waals surface area contributed by atoms with Crippen molar-refractivity contribution in [3.63, 3.8) is 0 Å². The average Bonchev–Trinajstić information content (AvgIpc) is 2.10. The van der Waals surface area contributed by atoms with E-state index in [9.17, 15) is 0 Å². The molecule has 0 bridgehead atoms. The molecular formula is C10H17NS. The van der Waals surface area contributed by atoms with Gasteiger partial charge in [0.05, 0.1) is 0 Å². The summed E-state index contributed by atoms with van der Waals surface area (Å²) in [4.78, 5) is 3.60. The van der Waals surface area contributed by atoms with Crippen LogP contribution in [-0.2, 0) is 0 Å². The van der Waals surface area contributed by atoms with E-state index in [1.165, 1.54) is 10.6 Å². The summed E-state index contributed by atoms with van der Waals surface area (Å²) in [6.45, 7) is 6.62. The fraction of sp³-hybridized carbons (Fsp3) is 0.600. The molecule has 0 unspecified atom stereocenters. The second-order valence-corrected chi connectivity index (χ2v) is 3.56. The Morgan fingerprint density at radius 2 is 1.92 bits per heavy atom. The van der Waals surface area contributed by atoms with E-state index in [0.29, 0.717) is 0 Å². The molecule has 0 atom stereocenters. The van der Waals surface area contributed by atoms with Crippen LogP contribution >= 0.6 is 12.6 Å². The summed E-state index contributed by atoms with van der Waals surface area (Å²) in [5, 5.41) is 0. The van der Waals surface area contributed by atoms with Gasteiger partial charge in [-0.05, 0) is 37.7 Å². The molecule has 0 aliphatic heterocycles. The fourth-order valence-electron chi connectivity index (χ4n) is 1.51. The number of nitrogens with zero attached hydrogens (tertiary/aromatic N) is 1. The molecule has 1 nitrogen and oxygen atoms in total. The van der Waals surface area contributed by atoms with Gasteiger partial charge in [-0.25, -0.2) is 0 Å². The Morgan fingerprint density at radius 3 is 2.33 bits per heavy atom. The van der Waals surface area contributed by atoms with Crippen LogP contribution in [0.1, 0.15) is 26.7 Å². The lowest BCUT2D eigenvalue weighted by atomic mass is 10.1. The Labute approximate surface area is 80.6 Å². The number of allylic oxidation sites excluding steroid dienone is 4. The van der Waals surface area contributed by atoms with E-state index < -0.39 is 0 Å². The first-order valence-electron chi connectivity index (χ1n) is 4.61. The second kappa shape index (κ2) is 4.61. The summed E-state index contributed by atoms with van der Waals surface area (Å²) >= 11 is 4.33. The largest absolute Gasteiger partial charge is 0.375 e. The average molecular weight is 183 g/mol. The molecule has 0 radical (unpaired) electrons. The van der Waals surface area contributed by atoms with Crippen molar-refractivity contribution in [2.24, 2.45) is 0 Å². The Morgan fingerprint density at radius 1 is 1.25 bits per heavy atom. The minimum Gasteiger partial charge on any atom is -0.375 e. The van der Waals surface area contributed by atoms with Crippen LogP contribution < -0.4 is 0 Å². The lowest BCUT2D eigenvalue weighted by molar-refractivity contribution is 0.367. The van der Waals surface area contributed by atoms with Gasteiger partial charge in [0.2, 0.25) is 0 Å². The maximum Gasteiger partial charge on any atom is 0.0146 e. The Hall–Kier alpha value is -0.370. The highest BCUT2D eigenvalue weighted by atomic mass is 32.1. The van der Waals surface area contributed by atoms with Crippen LogP contribution in [0.3, 0.4) is 0 Å². The van der Waals surface area contributed by atoms with E-state index in [2.05, 4.69) is 43.5 Å². The van der Waals surface area contributed by atoms with E-state index in [0.717, 1.165) is 25.9 Å². The normalized spacial score (nSPS) is 16.9. The predicted octanol–water partition coefficient (Wildman–Crippen LogP) is 2.82. The number of rotatable bonds is 3. The highest BCUT2D eigenvalue weighted by molar-refractivity contribution is 7.84. The van der Waals surface area contributed by atoms with Crippen molar-refractivity contribution in [2.75, 3.05) is 13.1 Å². The molecule has 2 heteroatoms. The van der Waals surface area contributed by atoms with E-state index in [1.807, 2.05) is 0 Å². The number of hydrogen-bond acceptors (Lipinski definition) is 2. The van der Waals surface area contributed by atoms with Gasteiger partial charge in [-0.15, -0.1) is 12.6 Å². The molecule has 0 aromatic heterocycles. The van der Waals surface area contributed by atoms with Crippen LogP contribution in [-0.4, -0.2) is 18.0 Å². The van der Waals surface area contributed by atoms with Gasteiger partial charge < -0.3 is 4.90 Å². The van der Waals surface area contributed by atoms with Crippen molar-refractivity contribution < 1.29 is 0 Å².